The molecule has 5 N–H and O–H groups in total. The summed E-state index contributed by atoms with van der Waals surface area (Å²) in [5.74, 6) is 0.0412. The van der Waals surface area contributed by atoms with Crippen molar-refractivity contribution >= 4 is 5.69 Å². The number of para-hydroxylation sites is 1. The highest BCUT2D eigenvalue weighted by molar-refractivity contribution is 5.59. The molecule has 0 atom stereocenters. The minimum absolute atomic E-state index is 0.0412. The van der Waals surface area contributed by atoms with Crippen LogP contribution in [0, 0.1) is 0 Å². The van der Waals surface area contributed by atoms with Crippen molar-refractivity contribution in [2.75, 3.05) is 18.8 Å². The first-order valence-corrected chi connectivity index (χ1v) is 5.14. The minimum atomic E-state index is -0.895. The molecule has 0 unspecified atom stereocenters. The normalized spacial score (nSPS) is 20.1. The second kappa shape index (κ2) is 3.72. The summed E-state index contributed by atoms with van der Waals surface area (Å²) in [5, 5.41) is 23.1. The van der Waals surface area contributed by atoms with E-state index in [9.17, 15) is 10.2 Å². The van der Waals surface area contributed by atoms with Crippen molar-refractivity contribution in [1.29, 1.82) is 0 Å². The van der Waals surface area contributed by atoms with Crippen LogP contribution in [-0.4, -0.2) is 23.3 Å². The van der Waals surface area contributed by atoms with Crippen molar-refractivity contribution in [2.24, 2.45) is 0 Å². The molecule has 1 fully saturated rings. The molecule has 0 spiro atoms. The Bertz CT molecular complexity index is 360. The summed E-state index contributed by atoms with van der Waals surface area (Å²) in [5.41, 5.74) is 5.81. The van der Waals surface area contributed by atoms with Crippen molar-refractivity contribution in [2.45, 2.75) is 18.4 Å². The van der Waals surface area contributed by atoms with Crippen LogP contribution in [0.5, 0.6) is 5.75 Å². The van der Waals surface area contributed by atoms with Crippen molar-refractivity contribution < 1.29 is 10.2 Å². The predicted molar refractivity (Wildman–Crippen MR) is 58.5 cm³/mol. The summed E-state index contributed by atoms with van der Waals surface area (Å²) in [6.45, 7) is 1.54. The number of aliphatic hydroxyl groups is 1. The molecule has 0 amide bonds. The fourth-order valence-corrected chi connectivity index (χ4v) is 2.07. The summed E-state index contributed by atoms with van der Waals surface area (Å²) in [6.07, 6.45) is 1.25. The summed E-state index contributed by atoms with van der Waals surface area (Å²) in [7, 11) is 0. The second-order valence-corrected chi connectivity index (χ2v) is 4.02. The molecule has 4 nitrogen and oxygen atoms in total. The molecule has 1 saturated heterocycles. The topological polar surface area (TPSA) is 78.5 Å². The Hall–Kier alpha value is -1.26. The molecule has 2 rings (SSSR count). The highest BCUT2D eigenvalue weighted by Crippen LogP contribution is 2.37. The van der Waals surface area contributed by atoms with Gasteiger partial charge in [-0.15, -0.1) is 0 Å². The lowest BCUT2D eigenvalue weighted by Gasteiger charge is -2.33. The number of piperidine rings is 1. The van der Waals surface area contributed by atoms with E-state index in [-0.39, 0.29) is 5.75 Å². The van der Waals surface area contributed by atoms with Crippen molar-refractivity contribution in [3.63, 3.8) is 0 Å². The lowest BCUT2D eigenvalue weighted by atomic mass is 9.84. The standard InChI is InChI=1S/C11H16N2O2/c12-10-8(2-1-3-9(10)14)11(15)4-6-13-7-5-11/h1-3,13-15H,4-7,12H2. The zero-order valence-corrected chi connectivity index (χ0v) is 8.53. The number of nitrogen functional groups attached to an aromatic ring is 1. The summed E-state index contributed by atoms with van der Waals surface area (Å²) in [4.78, 5) is 0. The lowest BCUT2D eigenvalue weighted by Crippen LogP contribution is -2.40. The van der Waals surface area contributed by atoms with Gasteiger partial charge in [0.25, 0.3) is 0 Å². The van der Waals surface area contributed by atoms with E-state index < -0.39 is 5.60 Å². The molecule has 0 saturated carbocycles. The Balaban J connectivity index is 2.39. The summed E-state index contributed by atoms with van der Waals surface area (Å²) < 4.78 is 0. The number of hydrogen-bond acceptors (Lipinski definition) is 4. The average molecular weight is 208 g/mol. The molecule has 0 aliphatic carbocycles. The molecule has 1 aromatic carbocycles. The van der Waals surface area contributed by atoms with E-state index in [1.165, 1.54) is 6.07 Å². The van der Waals surface area contributed by atoms with Gasteiger partial charge in [0.15, 0.2) is 0 Å². The first kappa shape index (κ1) is 10.3. The monoisotopic (exact) mass is 208 g/mol. The van der Waals surface area contributed by atoms with Gasteiger partial charge in [-0.2, -0.15) is 0 Å². The predicted octanol–water partition coefficient (Wildman–Crippen LogP) is 0.545. The van der Waals surface area contributed by atoms with E-state index in [1.54, 1.807) is 12.1 Å². The number of phenolic OH excluding ortho intramolecular Hbond substituents is 1. The van der Waals surface area contributed by atoms with E-state index >= 15 is 0 Å². The van der Waals surface area contributed by atoms with Gasteiger partial charge < -0.3 is 21.3 Å². The van der Waals surface area contributed by atoms with Gasteiger partial charge in [-0.05, 0) is 32.0 Å². The number of nitrogens with two attached hydrogens (primary N) is 1. The second-order valence-electron chi connectivity index (χ2n) is 4.02. The fraction of sp³-hybridized carbons (Fsp3) is 0.455. The van der Waals surface area contributed by atoms with Gasteiger partial charge in [0.2, 0.25) is 0 Å². The molecule has 82 valence electrons. The maximum Gasteiger partial charge on any atom is 0.138 e. The lowest BCUT2D eigenvalue weighted by molar-refractivity contribution is 0.00651. The number of phenols is 1. The largest absolute Gasteiger partial charge is 0.506 e. The average Bonchev–Trinajstić information content (AvgIpc) is 2.23. The number of anilines is 1. The molecule has 1 heterocycles. The van der Waals surface area contributed by atoms with E-state index in [2.05, 4.69) is 5.32 Å². The smallest absolute Gasteiger partial charge is 0.138 e. The number of rotatable bonds is 1. The maximum atomic E-state index is 10.4. The number of hydrogen-bond donors (Lipinski definition) is 4. The molecule has 1 aliphatic rings. The Morgan fingerprint density at radius 3 is 2.60 bits per heavy atom. The first-order chi connectivity index (χ1) is 7.13. The van der Waals surface area contributed by atoms with Crippen LogP contribution in [0.25, 0.3) is 0 Å². The zero-order valence-electron chi connectivity index (χ0n) is 8.53. The Morgan fingerprint density at radius 2 is 1.93 bits per heavy atom. The molecule has 0 radical (unpaired) electrons. The van der Waals surface area contributed by atoms with E-state index in [1.807, 2.05) is 0 Å². The Labute approximate surface area is 88.7 Å². The first-order valence-electron chi connectivity index (χ1n) is 5.14. The molecule has 1 aromatic rings. The maximum absolute atomic E-state index is 10.4. The highest BCUT2D eigenvalue weighted by Gasteiger charge is 2.33. The van der Waals surface area contributed by atoms with Gasteiger partial charge >= 0.3 is 0 Å². The van der Waals surface area contributed by atoms with Crippen LogP contribution in [0.15, 0.2) is 18.2 Å². The minimum Gasteiger partial charge on any atom is -0.506 e. The summed E-state index contributed by atoms with van der Waals surface area (Å²) in [6, 6.07) is 5.02. The number of benzene rings is 1. The molecular formula is C11H16N2O2. The van der Waals surface area contributed by atoms with Crippen molar-refractivity contribution in [1.82, 2.24) is 5.32 Å². The van der Waals surface area contributed by atoms with Crippen LogP contribution < -0.4 is 11.1 Å². The van der Waals surface area contributed by atoms with Crippen LogP contribution in [0.4, 0.5) is 5.69 Å². The fourth-order valence-electron chi connectivity index (χ4n) is 2.07. The van der Waals surface area contributed by atoms with Gasteiger partial charge in [0.1, 0.15) is 5.75 Å². The van der Waals surface area contributed by atoms with Crippen LogP contribution in [0.1, 0.15) is 18.4 Å². The van der Waals surface area contributed by atoms with Crippen LogP contribution in [0.2, 0.25) is 0 Å². The van der Waals surface area contributed by atoms with Gasteiger partial charge in [-0.3, -0.25) is 0 Å². The Kier molecular flexibility index (Phi) is 2.54. The van der Waals surface area contributed by atoms with Crippen LogP contribution >= 0.6 is 0 Å². The SMILES string of the molecule is Nc1c(O)cccc1C1(O)CCNCC1. The van der Waals surface area contributed by atoms with Gasteiger partial charge in [-0.25, -0.2) is 0 Å². The molecule has 0 aromatic heterocycles. The van der Waals surface area contributed by atoms with E-state index in [4.69, 9.17) is 5.73 Å². The summed E-state index contributed by atoms with van der Waals surface area (Å²) >= 11 is 0. The third-order valence-corrected chi connectivity index (χ3v) is 3.02. The third-order valence-electron chi connectivity index (χ3n) is 3.02. The molecular weight excluding hydrogens is 192 g/mol. The highest BCUT2D eigenvalue weighted by atomic mass is 16.3. The van der Waals surface area contributed by atoms with Gasteiger partial charge in [0, 0.05) is 5.56 Å². The van der Waals surface area contributed by atoms with Crippen LogP contribution in [-0.2, 0) is 5.60 Å². The third kappa shape index (κ3) is 1.78. The van der Waals surface area contributed by atoms with Crippen molar-refractivity contribution in [3.8, 4) is 5.75 Å². The van der Waals surface area contributed by atoms with E-state index in [0.717, 1.165) is 13.1 Å². The number of aromatic hydroxyl groups is 1. The van der Waals surface area contributed by atoms with Crippen LogP contribution in [0.3, 0.4) is 0 Å². The number of nitrogens with one attached hydrogen (secondary N) is 1. The molecule has 1 aliphatic heterocycles. The molecule has 15 heavy (non-hydrogen) atoms. The van der Waals surface area contributed by atoms with Gasteiger partial charge in [-0.1, -0.05) is 12.1 Å². The quantitative estimate of drug-likeness (QED) is 0.401. The Morgan fingerprint density at radius 1 is 1.27 bits per heavy atom. The molecule has 0 bridgehead atoms. The molecule has 4 heteroatoms. The van der Waals surface area contributed by atoms with Gasteiger partial charge in [0.05, 0.1) is 11.3 Å². The zero-order chi connectivity index (χ0) is 10.9. The van der Waals surface area contributed by atoms with E-state index in [0.29, 0.717) is 24.1 Å². The van der Waals surface area contributed by atoms with Crippen molar-refractivity contribution in [3.05, 3.63) is 23.8 Å².